The van der Waals surface area contributed by atoms with E-state index < -0.39 is 21.7 Å². The Balaban J connectivity index is 2.92. The van der Waals surface area contributed by atoms with Crippen LogP contribution in [0.2, 0.25) is 0 Å². The summed E-state index contributed by atoms with van der Waals surface area (Å²) in [6.07, 6.45) is 1.27. The summed E-state index contributed by atoms with van der Waals surface area (Å²) in [5.41, 5.74) is 5.05. The van der Waals surface area contributed by atoms with Crippen LogP contribution in [0, 0.1) is 0 Å². The van der Waals surface area contributed by atoms with Crippen molar-refractivity contribution in [3.8, 4) is 0 Å². The molecule has 0 aromatic heterocycles. The van der Waals surface area contributed by atoms with Crippen LogP contribution in [0.3, 0.4) is 0 Å². The number of carbonyl (C=O) groups excluding carboxylic acids is 2. The van der Waals surface area contributed by atoms with Crippen molar-refractivity contribution in [1.82, 2.24) is 14.1 Å². The van der Waals surface area contributed by atoms with Crippen LogP contribution < -0.4 is 5.73 Å². The van der Waals surface area contributed by atoms with Crippen LogP contribution in [0.15, 0.2) is 0 Å². The monoisotopic (exact) mass is 348 g/mol. The Labute approximate surface area is 138 Å². The number of sulfonamides is 1. The molecule has 2 N–H and O–H groups in total. The molecule has 1 rings (SSSR count). The molecule has 0 bridgehead atoms. The van der Waals surface area contributed by atoms with Crippen molar-refractivity contribution in [3.63, 3.8) is 0 Å². The molecule has 1 aliphatic heterocycles. The highest BCUT2D eigenvalue weighted by atomic mass is 32.2. The van der Waals surface area contributed by atoms with Crippen LogP contribution >= 0.6 is 0 Å². The van der Waals surface area contributed by atoms with Gasteiger partial charge in [-0.25, -0.2) is 8.42 Å². The van der Waals surface area contributed by atoms with Crippen molar-refractivity contribution < 1.29 is 18.0 Å². The number of amides is 2. The topological polar surface area (TPSA) is 104 Å². The highest BCUT2D eigenvalue weighted by Crippen LogP contribution is 2.21. The van der Waals surface area contributed by atoms with E-state index in [1.165, 1.54) is 4.90 Å². The number of likely N-dealkylation sites (N-methyl/N-ethyl adjacent to an activating group) is 1. The maximum Gasteiger partial charge on any atom is 0.237 e. The lowest BCUT2D eigenvalue weighted by Gasteiger charge is -2.39. The van der Waals surface area contributed by atoms with E-state index in [1.54, 1.807) is 14.1 Å². The first-order valence-electron chi connectivity index (χ1n) is 7.76. The summed E-state index contributed by atoms with van der Waals surface area (Å²) in [4.78, 5) is 26.7. The molecule has 1 aliphatic rings. The summed E-state index contributed by atoms with van der Waals surface area (Å²) >= 11 is 0. The Hall–Kier alpha value is -1.19. The van der Waals surface area contributed by atoms with Crippen molar-refractivity contribution in [3.05, 3.63) is 0 Å². The highest BCUT2D eigenvalue weighted by molar-refractivity contribution is 7.89. The molecule has 1 fully saturated rings. The first kappa shape index (κ1) is 19.9. The summed E-state index contributed by atoms with van der Waals surface area (Å²) in [5.74, 6) is -1.99. The van der Waals surface area contributed by atoms with Gasteiger partial charge in [-0.05, 0) is 39.8 Å². The Morgan fingerprint density at radius 1 is 1.22 bits per heavy atom. The molecular weight excluding hydrogens is 320 g/mol. The van der Waals surface area contributed by atoms with Crippen LogP contribution in [-0.2, 0) is 19.6 Å². The molecule has 0 aliphatic carbocycles. The van der Waals surface area contributed by atoms with Gasteiger partial charge in [-0.3, -0.25) is 9.59 Å². The minimum atomic E-state index is -3.89. The van der Waals surface area contributed by atoms with Gasteiger partial charge in [0.05, 0.1) is 6.54 Å². The lowest BCUT2D eigenvalue weighted by atomic mass is 10.0. The van der Waals surface area contributed by atoms with E-state index in [-0.39, 0.29) is 18.5 Å². The standard InChI is InChI=1S/C14H28N4O4S/c1-11(2)17-7-5-12(6-8-17)18(9-14(20)16(3)4)23(21,22)10-13(15)19/h11-12H,5-10H2,1-4H3,(H2,15,19). The number of nitrogens with two attached hydrogens (primary N) is 1. The smallest absolute Gasteiger partial charge is 0.237 e. The molecule has 134 valence electrons. The fourth-order valence-electron chi connectivity index (χ4n) is 2.68. The molecule has 1 heterocycles. The Kier molecular flexibility index (Phi) is 6.97. The van der Waals surface area contributed by atoms with E-state index in [4.69, 9.17) is 5.73 Å². The largest absolute Gasteiger partial charge is 0.369 e. The summed E-state index contributed by atoms with van der Waals surface area (Å²) in [6, 6.07) is 0.119. The van der Waals surface area contributed by atoms with E-state index in [9.17, 15) is 18.0 Å². The number of primary amides is 1. The summed E-state index contributed by atoms with van der Waals surface area (Å²) in [7, 11) is -0.751. The van der Waals surface area contributed by atoms with Gasteiger partial charge in [0, 0.05) is 26.2 Å². The molecule has 0 spiro atoms. The van der Waals surface area contributed by atoms with Crippen LogP contribution in [0.5, 0.6) is 0 Å². The summed E-state index contributed by atoms with van der Waals surface area (Å²) in [5, 5.41) is 0. The number of hydrogen-bond donors (Lipinski definition) is 1. The van der Waals surface area contributed by atoms with E-state index in [2.05, 4.69) is 18.7 Å². The quantitative estimate of drug-likeness (QED) is 0.640. The van der Waals surface area contributed by atoms with Gasteiger partial charge in [0.15, 0.2) is 0 Å². The number of likely N-dealkylation sites (tertiary alicyclic amines) is 1. The third kappa shape index (κ3) is 5.74. The van der Waals surface area contributed by atoms with E-state index in [0.29, 0.717) is 18.9 Å². The van der Waals surface area contributed by atoms with Gasteiger partial charge in [0.25, 0.3) is 0 Å². The zero-order valence-corrected chi connectivity index (χ0v) is 15.2. The number of hydrogen-bond acceptors (Lipinski definition) is 5. The van der Waals surface area contributed by atoms with E-state index >= 15 is 0 Å². The molecule has 8 nitrogen and oxygen atoms in total. The Morgan fingerprint density at radius 3 is 2.13 bits per heavy atom. The molecule has 0 unspecified atom stereocenters. The zero-order chi connectivity index (χ0) is 17.8. The fraction of sp³-hybridized carbons (Fsp3) is 0.857. The number of rotatable bonds is 7. The third-order valence-electron chi connectivity index (χ3n) is 4.11. The third-order valence-corrected chi connectivity index (χ3v) is 5.90. The first-order chi connectivity index (χ1) is 10.5. The molecule has 1 saturated heterocycles. The van der Waals surface area contributed by atoms with Gasteiger partial charge in [-0.2, -0.15) is 4.31 Å². The predicted molar refractivity (Wildman–Crippen MR) is 88.1 cm³/mol. The number of carbonyl (C=O) groups is 2. The van der Waals surface area contributed by atoms with Crippen LogP contribution in [0.25, 0.3) is 0 Å². The maximum atomic E-state index is 12.5. The van der Waals surface area contributed by atoms with Gasteiger partial charge in [0.2, 0.25) is 21.8 Å². The molecule has 0 aromatic rings. The zero-order valence-electron chi connectivity index (χ0n) is 14.4. The molecular formula is C14H28N4O4S. The Bertz CT molecular complexity index is 525. The highest BCUT2D eigenvalue weighted by Gasteiger charge is 2.35. The van der Waals surface area contributed by atoms with Gasteiger partial charge >= 0.3 is 0 Å². The minimum Gasteiger partial charge on any atom is -0.369 e. The molecule has 9 heteroatoms. The predicted octanol–water partition coefficient (Wildman–Crippen LogP) is -0.935. The second kappa shape index (κ2) is 8.07. The number of nitrogens with zero attached hydrogens (tertiary/aromatic N) is 3. The molecule has 0 aromatic carbocycles. The van der Waals surface area contributed by atoms with Crippen molar-refractivity contribution in [2.45, 2.75) is 38.8 Å². The Morgan fingerprint density at radius 2 is 1.74 bits per heavy atom. The van der Waals surface area contributed by atoms with Gasteiger partial charge in [0.1, 0.15) is 5.75 Å². The lowest BCUT2D eigenvalue weighted by molar-refractivity contribution is -0.129. The van der Waals surface area contributed by atoms with Crippen molar-refractivity contribution in [2.75, 3.05) is 39.5 Å². The SMILES string of the molecule is CC(C)N1CCC(N(CC(=O)N(C)C)S(=O)(=O)CC(N)=O)CC1. The average molecular weight is 348 g/mol. The molecule has 2 amide bonds. The fourth-order valence-corrected chi connectivity index (χ4v) is 4.18. The maximum absolute atomic E-state index is 12.5. The minimum absolute atomic E-state index is 0.255. The molecule has 0 radical (unpaired) electrons. The lowest BCUT2D eigenvalue weighted by Crippen LogP contribution is -2.52. The van der Waals surface area contributed by atoms with Crippen molar-refractivity contribution >= 4 is 21.8 Å². The molecule has 23 heavy (non-hydrogen) atoms. The number of piperidine rings is 1. The van der Waals surface area contributed by atoms with Crippen LogP contribution in [0.1, 0.15) is 26.7 Å². The second-order valence-corrected chi connectivity index (χ2v) is 8.34. The average Bonchev–Trinajstić information content (AvgIpc) is 2.42. The second-order valence-electron chi connectivity index (χ2n) is 6.42. The van der Waals surface area contributed by atoms with Crippen molar-refractivity contribution in [2.24, 2.45) is 5.73 Å². The summed E-state index contributed by atoms with van der Waals surface area (Å²) in [6.45, 7) is 5.46. The first-order valence-corrected chi connectivity index (χ1v) is 9.37. The van der Waals surface area contributed by atoms with E-state index in [1.807, 2.05) is 0 Å². The van der Waals surface area contributed by atoms with Crippen LogP contribution in [-0.4, -0.2) is 85.9 Å². The van der Waals surface area contributed by atoms with Crippen LogP contribution in [0.4, 0.5) is 0 Å². The summed E-state index contributed by atoms with van der Waals surface area (Å²) < 4.78 is 26.1. The van der Waals surface area contributed by atoms with Gasteiger partial charge < -0.3 is 15.5 Å². The normalized spacial score (nSPS) is 17.7. The van der Waals surface area contributed by atoms with Gasteiger partial charge in [-0.15, -0.1) is 0 Å². The molecule has 0 atom stereocenters. The van der Waals surface area contributed by atoms with Crippen molar-refractivity contribution in [1.29, 1.82) is 0 Å². The molecule has 0 saturated carbocycles. The van der Waals surface area contributed by atoms with E-state index in [0.717, 1.165) is 17.4 Å². The van der Waals surface area contributed by atoms with Gasteiger partial charge in [-0.1, -0.05) is 0 Å².